The predicted octanol–water partition coefficient (Wildman–Crippen LogP) is 3.09. The molecule has 0 N–H and O–H groups in total. The summed E-state index contributed by atoms with van der Waals surface area (Å²) in [4.78, 5) is 15.5. The van der Waals surface area contributed by atoms with Gasteiger partial charge in [0.05, 0.1) is 12.7 Å². The van der Waals surface area contributed by atoms with Crippen LogP contribution >= 0.6 is 0 Å². The highest BCUT2D eigenvalue weighted by Gasteiger charge is 2.12. The number of aromatic nitrogens is 1. The number of ether oxygens (including phenoxy) is 2. The largest absolute Gasteiger partial charge is 0.493 e. The Bertz CT molecular complexity index is 566. The summed E-state index contributed by atoms with van der Waals surface area (Å²) >= 11 is 0. The zero-order chi connectivity index (χ0) is 13.0. The summed E-state index contributed by atoms with van der Waals surface area (Å²) in [5.41, 5.74) is 0.448. The van der Waals surface area contributed by atoms with E-state index in [2.05, 4.69) is 4.98 Å². The van der Waals surface area contributed by atoms with Crippen LogP contribution in [0.2, 0.25) is 0 Å². The number of hydrogen-bond donors (Lipinski definition) is 0. The van der Waals surface area contributed by atoms with Crippen molar-refractivity contribution in [2.75, 3.05) is 7.11 Å². The maximum atomic E-state index is 11.5. The second-order valence-corrected chi connectivity index (χ2v) is 3.67. The van der Waals surface area contributed by atoms with Gasteiger partial charge in [-0.05, 0) is 31.2 Å². The van der Waals surface area contributed by atoms with Gasteiger partial charge in [-0.2, -0.15) is 0 Å². The van der Waals surface area contributed by atoms with Crippen LogP contribution in [0.4, 0.5) is 0 Å². The van der Waals surface area contributed by atoms with Crippen molar-refractivity contribution in [3.8, 4) is 17.4 Å². The molecule has 0 bridgehead atoms. The van der Waals surface area contributed by atoms with Gasteiger partial charge in [-0.1, -0.05) is 12.1 Å². The smallest absolute Gasteiger partial charge is 0.230 e. The van der Waals surface area contributed by atoms with E-state index in [0.29, 0.717) is 17.1 Å². The molecule has 4 nitrogen and oxygen atoms in total. The second kappa shape index (κ2) is 5.31. The van der Waals surface area contributed by atoms with Crippen LogP contribution in [0.25, 0.3) is 0 Å². The highest BCUT2D eigenvalue weighted by atomic mass is 16.5. The Morgan fingerprint density at radius 1 is 1.11 bits per heavy atom. The van der Waals surface area contributed by atoms with Crippen molar-refractivity contribution < 1.29 is 14.3 Å². The van der Waals surface area contributed by atoms with E-state index in [1.54, 1.807) is 37.6 Å². The average Bonchev–Trinajstić information content (AvgIpc) is 2.40. The molecule has 4 heteroatoms. The van der Waals surface area contributed by atoms with Crippen LogP contribution in [0.3, 0.4) is 0 Å². The van der Waals surface area contributed by atoms with Gasteiger partial charge in [-0.15, -0.1) is 0 Å². The standard InChI is InChI=1S/C14H13NO3/c1-10(16)11-6-5-9-15-14(11)18-13-8-4-3-7-12(13)17-2/h3-9H,1-2H3. The summed E-state index contributed by atoms with van der Waals surface area (Å²) in [7, 11) is 1.56. The molecule has 0 aliphatic carbocycles. The molecule has 0 amide bonds. The topological polar surface area (TPSA) is 48.4 Å². The Morgan fingerprint density at radius 3 is 2.50 bits per heavy atom. The van der Waals surface area contributed by atoms with E-state index in [-0.39, 0.29) is 11.7 Å². The molecule has 18 heavy (non-hydrogen) atoms. The van der Waals surface area contributed by atoms with Crippen molar-refractivity contribution in [2.45, 2.75) is 6.92 Å². The summed E-state index contributed by atoms with van der Waals surface area (Å²) in [6, 6.07) is 10.6. The predicted molar refractivity (Wildman–Crippen MR) is 67.3 cm³/mol. The molecule has 0 aliphatic rings. The molecule has 0 saturated carbocycles. The van der Waals surface area contributed by atoms with Gasteiger partial charge in [-0.3, -0.25) is 4.79 Å². The van der Waals surface area contributed by atoms with Crippen LogP contribution in [0.15, 0.2) is 42.6 Å². The molecular formula is C14H13NO3. The Kier molecular flexibility index (Phi) is 3.57. The maximum absolute atomic E-state index is 11.5. The first kappa shape index (κ1) is 12.1. The highest BCUT2D eigenvalue weighted by Crippen LogP contribution is 2.31. The molecule has 92 valence electrons. The molecule has 0 unspecified atom stereocenters. The second-order valence-electron chi connectivity index (χ2n) is 3.67. The lowest BCUT2D eigenvalue weighted by atomic mass is 10.2. The Morgan fingerprint density at radius 2 is 1.83 bits per heavy atom. The van der Waals surface area contributed by atoms with E-state index in [4.69, 9.17) is 9.47 Å². The Balaban J connectivity index is 2.37. The average molecular weight is 243 g/mol. The van der Waals surface area contributed by atoms with Crippen molar-refractivity contribution in [1.82, 2.24) is 4.98 Å². The normalized spacial score (nSPS) is 9.89. The lowest BCUT2D eigenvalue weighted by Crippen LogP contribution is -1.99. The van der Waals surface area contributed by atoms with Gasteiger partial charge in [0.2, 0.25) is 5.88 Å². The van der Waals surface area contributed by atoms with Crippen LogP contribution in [0.1, 0.15) is 17.3 Å². The van der Waals surface area contributed by atoms with E-state index in [1.807, 2.05) is 12.1 Å². The highest BCUT2D eigenvalue weighted by molar-refractivity contribution is 5.96. The first-order chi connectivity index (χ1) is 8.72. The maximum Gasteiger partial charge on any atom is 0.230 e. The number of carbonyl (C=O) groups excluding carboxylic acids is 1. The number of Topliss-reactive ketones (excluding diaryl/α,β-unsaturated/α-hetero) is 1. The van der Waals surface area contributed by atoms with Gasteiger partial charge in [0.25, 0.3) is 0 Å². The van der Waals surface area contributed by atoms with Crippen LogP contribution < -0.4 is 9.47 Å². The molecule has 0 fully saturated rings. The third-order valence-electron chi connectivity index (χ3n) is 2.43. The van der Waals surface area contributed by atoms with Crippen LogP contribution in [-0.4, -0.2) is 17.9 Å². The summed E-state index contributed by atoms with van der Waals surface area (Å²) < 4.78 is 10.8. The zero-order valence-corrected chi connectivity index (χ0v) is 10.2. The number of nitrogens with zero attached hydrogens (tertiary/aromatic N) is 1. The lowest BCUT2D eigenvalue weighted by molar-refractivity contribution is 0.101. The van der Waals surface area contributed by atoms with Gasteiger partial charge < -0.3 is 9.47 Å². The quantitative estimate of drug-likeness (QED) is 0.774. The number of benzene rings is 1. The summed E-state index contributed by atoms with van der Waals surface area (Å²) in [6.07, 6.45) is 1.58. The molecule has 0 atom stereocenters. The SMILES string of the molecule is COc1ccccc1Oc1ncccc1C(C)=O. The number of rotatable bonds is 4. The van der Waals surface area contributed by atoms with Gasteiger partial charge in [0, 0.05) is 6.20 Å². The molecule has 1 heterocycles. The number of carbonyl (C=O) groups is 1. The minimum Gasteiger partial charge on any atom is -0.493 e. The van der Waals surface area contributed by atoms with Crippen molar-refractivity contribution in [3.05, 3.63) is 48.2 Å². The van der Waals surface area contributed by atoms with E-state index in [0.717, 1.165) is 0 Å². The fourth-order valence-corrected chi connectivity index (χ4v) is 1.55. The minimum absolute atomic E-state index is 0.0898. The number of ketones is 1. The van der Waals surface area contributed by atoms with Crippen LogP contribution in [-0.2, 0) is 0 Å². The third-order valence-corrected chi connectivity index (χ3v) is 2.43. The number of methoxy groups -OCH3 is 1. The Hall–Kier alpha value is -2.36. The first-order valence-corrected chi connectivity index (χ1v) is 5.49. The van der Waals surface area contributed by atoms with Crippen molar-refractivity contribution in [2.24, 2.45) is 0 Å². The minimum atomic E-state index is -0.0898. The number of hydrogen-bond acceptors (Lipinski definition) is 4. The fraction of sp³-hybridized carbons (Fsp3) is 0.143. The third kappa shape index (κ3) is 2.48. The monoisotopic (exact) mass is 243 g/mol. The van der Waals surface area contributed by atoms with Crippen molar-refractivity contribution in [1.29, 1.82) is 0 Å². The van der Waals surface area contributed by atoms with E-state index >= 15 is 0 Å². The molecule has 0 spiro atoms. The van der Waals surface area contributed by atoms with Crippen molar-refractivity contribution >= 4 is 5.78 Å². The molecule has 0 radical (unpaired) electrons. The number of pyridine rings is 1. The van der Waals surface area contributed by atoms with E-state index in [9.17, 15) is 4.79 Å². The van der Waals surface area contributed by atoms with E-state index < -0.39 is 0 Å². The summed E-state index contributed by atoms with van der Waals surface area (Å²) in [5, 5.41) is 0. The van der Waals surface area contributed by atoms with Crippen LogP contribution in [0.5, 0.6) is 17.4 Å². The van der Waals surface area contributed by atoms with E-state index in [1.165, 1.54) is 6.92 Å². The van der Waals surface area contributed by atoms with Gasteiger partial charge >= 0.3 is 0 Å². The molecule has 2 rings (SSSR count). The molecule has 2 aromatic rings. The molecular weight excluding hydrogens is 230 g/mol. The summed E-state index contributed by atoms with van der Waals surface area (Å²) in [6.45, 7) is 1.48. The first-order valence-electron chi connectivity index (χ1n) is 5.49. The fourth-order valence-electron chi connectivity index (χ4n) is 1.55. The van der Waals surface area contributed by atoms with Gasteiger partial charge in [0.15, 0.2) is 17.3 Å². The number of para-hydroxylation sites is 2. The molecule has 1 aromatic carbocycles. The molecule has 0 aliphatic heterocycles. The lowest BCUT2D eigenvalue weighted by Gasteiger charge is -2.10. The van der Waals surface area contributed by atoms with Gasteiger partial charge in [-0.25, -0.2) is 4.98 Å². The Labute approximate surface area is 105 Å². The summed E-state index contributed by atoms with van der Waals surface area (Å²) in [5.74, 6) is 1.32. The molecule has 0 saturated heterocycles. The van der Waals surface area contributed by atoms with Gasteiger partial charge in [0.1, 0.15) is 0 Å². The van der Waals surface area contributed by atoms with Crippen molar-refractivity contribution in [3.63, 3.8) is 0 Å². The van der Waals surface area contributed by atoms with Crippen LogP contribution in [0, 0.1) is 0 Å². The molecule has 1 aromatic heterocycles. The zero-order valence-electron chi connectivity index (χ0n) is 10.2.